The van der Waals surface area contributed by atoms with Gasteiger partial charge in [-0.05, 0) is 18.2 Å². The number of rotatable bonds is 9. The molecule has 0 saturated carbocycles. The molecule has 0 aliphatic rings. The van der Waals surface area contributed by atoms with Crippen molar-refractivity contribution in [1.82, 2.24) is 10.6 Å². The second kappa shape index (κ2) is 10.1. The number of hydrogen-bond acceptors (Lipinski definition) is 6. The fourth-order valence-electron chi connectivity index (χ4n) is 2.67. The molecule has 0 aliphatic heterocycles. The predicted octanol–water partition coefficient (Wildman–Crippen LogP) is 1.77. The Morgan fingerprint density at radius 1 is 0.786 bits per heavy atom. The van der Waals surface area contributed by atoms with Crippen LogP contribution in [0, 0.1) is 0 Å². The molecule has 0 aromatic heterocycles. The van der Waals surface area contributed by atoms with E-state index in [1.807, 2.05) is 6.07 Å². The molecule has 0 bridgehead atoms. The van der Waals surface area contributed by atoms with Crippen LogP contribution in [-0.4, -0.2) is 46.8 Å². The Morgan fingerprint density at radius 3 is 2.00 bits per heavy atom. The van der Waals surface area contributed by atoms with Gasteiger partial charge < -0.3 is 29.6 Å². The Labute approximate surface area is 163 Å². The van der Waals surface area contributed by atoms with Crippen LogP contribution < -0.4 is 29.6 Å². The summed E-state index contributed by atoms with van der Waals surface area (Å²) in [6.45, 7) is 0.0447. The van der Waals surface area contributed by atoms with Crippen LogP contribution in [-0.2, 0) is 11.3 Å². The topological polar surface area (TPSA) is 95.1 Å². The molecule has 2 aromatic rings. The van der Waals surface area contributed by atoms with Crippen LogP contribution in [0.25, 0.3) is 0 Å². The lowest BCUT2D eigenvalue weighted by molar-refractivity contribution is -0.120. The molecule has 0 unspecified atom stereocenters. The van der Waals surface area contributed by atoms with Crippen LogP contribution in [0.2, 0.25) is 0 Å². The van der Waals surface area contributed by atoms with E-state index in [-0.39, 0.29) is 24.6 Å². The van der Waals surface area contributed by atoms with Gasteiger partial charge in [-0.3, -0.25) is 9.59 Å². The second-order valence-electron chi connectivity index (χ2n) is 5.65. The van der Waals surface area contributed by atoms with Gasteiger partial charge in [0.25, 0.3) is 5.91 Å². The molecule has 2 amide bonds. The molecule has 2 N–H and O–H groups in total. The number of para-hydroxylation sites is 2. The number of amides is 2. The zero-order valence-corrected chi connectivity index (χ0v) is 16.3. The lowest BCUT2D eigenvalue weighted by Gasteiger charge is -2.14. The largest absolute Gasteiger partial charge is 0.493 e. The number of carbonyl (C=O) groups is 2. The van der Waals surface area contributed by atoms with Crippen LogP contribution in [0.4, 0.5) is 0 Å². The normalized spacial score (nSPS) is 10.0. The van der Waals surface area contributed by atoms with Gasteiger partial charge in [0.1, 0.15) is 0 Å². The average Bonchev–Trinajstić information content (AvgIpc) is 2.74. The maximum atomic E-state index is 12.4. The molecule has 2 aromatic carbocycles. The molecule has 0 fully saturated rings. The third-order valence-corrected chi connectivity index (χ3v) is 4.02. The molecule has 150 valence electrons. The number of nitrogens with one attached hydrogen (secondary N) is 2. The molecule has 2 rings (SSSR count). The van der Waals surface area contributed by atoms with E-state index >= 15 is 0 Å². The van der Waals surface area contributed by atoms with Crippen LogP contribution in [0.5, 0.6) is 23.0 Å². The summed E-state index contributed by atoms with van der Waals surface area (Å²) in [6, 6.07) is 10.3. The quantitative estimate of drug-likeness (QED) is 0.680. The van der Waals surface area contributed by atoms with Crippen molar-refractivity contribution in [2.45, 2.75) is 6.54 Å². The van der Waals surface area contributed by atoms with Crippen LogP contribution in [0.1, 0.15) is 15.9 Å². The van der Waals surface area contributed by atoms with Gasteiger partial charge in [-0.25, -0.2) is 0 Å². The highest BCUT2D eigenvalue weighted by atomic mass is 16.5. The first-order valence-corrected chi connectivity index (χ1v) is 8.51. The Hall–Kier alpha value is -3.42. The Bertz CT molecular complexity index is 837. The molecule has 8 heteroatoms. The summed E-state index contributed by atoms with van der Waals surface area (Å²) in [7, 11) is 6.01. The molecule has 0 heterocycles. The minimum absolute atomic E-state index is 0.189. The van der Waals surface area contributed by atoms with Gasteiger partial charge in [-0.15, -0.1) is 0 Å². The monoisotopic (exact) mass is 388 g/mol. The molecule has 0 saturated heterocycles. The molecule has 0 radical (unpaired) electrons. The highest BCUT2D eigenvalue weighted by molar-refractivity contribution is 5.99. The van der Waals surface area contributed by atoms with E-state index in [1.165, 1.54) is 21.3 Å². The molecule has 8 nitrogen and oxygen atoms in total. The first-order chi connectivity index (χ1) is 13.5. The fraction of sp³-hybridized carbons (Fsp3) is 0.300. The van der Waals surface area contributed by atoms with Crippen molar-refractivity contribution in [3.05, 3.63) is 47.5 Å². The summed E-state index contributed by atoms with van der Waals surface area (Å²) in [4.78, 5) is 24.5. The van der Waals surface area contributed by atoms with Crippen molar-refractivity contribution in [2.75, 3.05) is 35.0 Å². The summed E-state index contributed by atoms with van der Waals surface area (Å²) in [5.41, 5.74) is 1.04. The fourth-order valence-corrected chi connectivity index (χ4v) is 2.67. The van der Waals surface area contributed by atoms with Crippen LogP contribution in [0.3, 0.4) is 0 Å². The standard InChI is InChI=1S/C20H24N2O6/c1-25-15-9-5-7-13(18(15)27-3)11-21-17(23)12-22-20(24)14-8-6-10-16(26-2)19(14)28-4/h5-10H,11-12H2,1-4H3,(H,21,23)(H,22,24). The van der Waals surface area contributed by atoms with Gasteiger partial charge >= 0.3 is 0 Å². The molecule has 28 heavy (non-hydrogen) atoms. The zero-order chi connectivity index (χ0) is 20.5. The second-order valence-corrected chi connectivity index (χ2v) is 5.65. The molecule has 0 aliphatic carbocycles. The van der Waals surface area contributed by atoms with Crippen molar-refractivity contribution in [2.24, 2.45) is 0 Å². The lowest BCUT2D eigenvalue weighted by Crippen LogP contribution is -2.36. The molecule has 0 atom stereocenters. The van der Waals surface area contributed by atoms with Gasteiger partial charge in [-0.1, -0.05) is 18.2 Å². The minimum Gasteiger partial charge on any atom is -0.493 e. The van der Waals surface area contributed by atoms with Crippen molar-refractivity contribution in [3.63, 3.8) is 0 Å². The van der Waals surface area contributed by atoms with Gasteiger partial charge in [0.2, 0.25) is 5.91 Å². The summed E-state index contributed by atoms with van der Waals surface area (Å²) in [5.74, 6) is 1.09. The van der Waals surface area contributed by atoms with E-state index in [0.29, 0.717) is 23.0 Å². The van der Waals surface area contributed by atoms with Crippen molar-refractivity contribution < 1.29 is 28.5 Å². The molecular formula is C20H24N2O6. The van der Waals surface area contributed by atoms with Gasteiger partial charge in [-0.2, -0.15) is 0 Å². The number of ether oxygens (including phenoxy) is 4. The van der Waals surface area contributed by atoms with E-state index in [9.17, 15) is 9.59 Å². The molecular weight excluding hydrogens is 364 g/mol. The Kier molecular flexibility index (Phi) is 7.50. The van der Waals surface area contributed by atoms with E-state index < -0.39 is 5.91 Å². The highest BCUT2D eigenvalue weighted by Gasteiger charge is 2.17. The van der Waals surface area contributed by atoms with Crippen LogP contribution >= 0.6 is 0 Å². The van der Waals surface area contributed by atoms with Crippen molar-refractivity contribution >= 4 is 11.8 Å². The van der Waals surface area contributed by atoms with Crippen molar-refractivity contribution in [1.29, 1.82) is 0 Å². The maximum absolute atomic E-state index is 12.4. The lowest BCUT2D eigenvalue weighted by atomic mass is 10.1. The third-order valence-electron chi connectivity index (χ3n) is 4.02. The average molecular weight is 388 g/mol. The van der Waals surface area contributed by atoms with E-state index in [0.717, 1.165) is 5.56 Å². The van der Waals surface area contributed by atoms with E-state index in [4.69, 9.17) is 18.9 Å². The maximum Gasteiger partial charge on any atom is 0.255 e. The minimum atomic E-state index is -0.440. The zero-order valence-electron chi connectivity index (χ0n) is 16.3. The molecule has 0 spiro atoms. The summed E-state index contributed by atoms with van der Waals surface area (Å²) < 4.78 is 21.0. The SMILES string of the molecule is COc1cccc(CNC(=O)CNC(=O)c2cccc(OC)c2OC)c1OC. The predicted molar refractivity (Wildman–Crippen MR) is 103 cm³/mol. The number of methoxy groups -OCH3 is 4. The van der Waals surface area contributed by atoms with Crippen LogP contribution in [0.15, 0.2) is 36.4 Å². The smallest absolute Gasteiger partial charge is 0.255 e. The van der Waals surface area contributed by atoms with Gasteiger partial charge in [0.15, 0.2) is 23.0 Å². The number of hydrogen-bond donors (Lipinski definition) is 2. The highest BCUT2D eigenvalue weighted by Crippen LogP contribution is 2.31. The third kappa shape index (κ3) is 4.85. The van der Waals surface area contributed by atoms with Crippen molar-refractivity contribution in [3.8, 4) is 23.0 Å². The Morgan fingerprint density at radius 2 is 1.39 bits per heavy atom. The van der Waals surface area contributed by atoms with E-state index in [2.05, 4.69) is 10.6 Å². The number of benzene rings is 2. The Balaban J connectivity index is 1.96. The first-order valence-electron chi connectivity index (χ1n) is 8.51. The summed E-state index contributed by atoms with van der Waals surface area (Å²) >= 11 is 0. The first kappa shape index (κ1) is 20.9. The number of carbonyl (C=O) groups excluding carboxylic acids is 2. The summed E-state index contributed by atoms with van der Waals surface area (Å²) in [5, 5.41) is 5.31. The van der Waals surface area contributed by atoms with E-state index in [1.54, 1.807) is 37.4 Å². The van der Waals surface area contributed by atoms with Gasteiger partial charge in [0.05, 0.1) is 40.5 Å². The van der Waals surface area contributed by atoms with Gasteiger partial charge in [0, 0.05) is 12.1 Å². The summed E-state index contributed by atoms with van der Waals surface area (Å²) in [6.07, 6.45) is 0.